The molecule has 2 rings (SSSR count). The maximum absolute atomic E-state index is 12.8. The predicted molar refractivity (Wildman–Crippen MR) is 114 cm³/mol. The number of piperidine rings is 1. The normalized spacial score (nSPS) is 15.1. The van der Waals surface area contributed by atoms with Gasteiger partial charge in [-0.15, -0.1) is 24.0 Å². The quantitative estimate of drug-likeness (QED) is 0.208. The van der Waals surface area contributed by atoms with Crippen molar-refractivity contribution in [2.75, 3.05) is 39.9 Å². The summed E-state index contributed by atoms with van der Waals surface area (Å²) in [5, 5.41) is 3.30. The number of methoxy groups -OCH3 is 1. The van der Waals surface area contributed by atoms with Gasteiger partial charge in [0.1, 0.15) is 11.6 Å². The first-order valence-corrected chi connectivity index (χ1v) is 9.13. The van der Waals surface area contributed by atoms with Gasteiger partial charge in [0.25, 0.3) is 0 Å². The van der Waals surface area contributed by atoms with Crippen LogP contribution in [0.5, 0.6) is 5.75 Å². The number of likely N-dealkylation sites (tertiary alicyclic amines) is 1. The van der Waals surface area contributed by atoms with E-state index in [4.69, 9.17) is 9.47 Å². The van der Waals surface area contributed by atoms with Gasteiger partial charge in [0, 0.05) is 32.6 Å². The van der Waals surface area contributed by atoms with Gasteiger partial charge in [-0.25, -0.2) is 4.39 Å². The Morgan fingerprint density at radius 2 is 1.96 bits per heavy atom. The van der Waals surface area contributed by atoms with Gasteiger partial charge in [-0.1, -0.05) is 0 Å². The molecule has 8 heteroatoms. The molecule has 0 radical (unpaired) electrons. The number of carbonyl (C=O) groups excluding carboxylic acids is 1. The Morgan fingerprint density at radius 1 is 1.30 bits per heavy atom. The second-order valence-electron chi connectivity index (χ2n) is 6.18. The molecule has 0 aliphatic carbocycles. The zero-order valence-corrected chi connectivity index (χ0v) is 18.3. The fourth-order valence-corrected chi connectivity index (χ4v) is 2.89. The van der Waals surface area contributed by atoms with Gasteiger partial charge in [-0.2, -0.15) is 0 Å². The molecule has 1 aliphatic heterocycles. The number of guanidine groups is 1. The molecule has 152 valence electrons. The summed E-state index contributed by atoms with van der Waals surface area (Å²) in [4.78, 5) is 18.5. The number of benzene rings is 1. The van der Waals surface area contributed by atoms with Crippen LogP contribution in [0.4, 0.5) is 4.39 Å². The highest BCUT2D eigenvalue weighted by Crippen LogP contribution is 2.18. The highest BCUT2D eigenvalue weighted by molar-refractivity contribution is 14.0. The fraction of sp³-hybridized carbons (Fsp3) is 0.579. The zero-order valence-electron chi connectivity index (χ0n) is 15.9. The molecule has 1 aromatic carbocycles. The Balaban J connectivity index is 0.00000364. The van der Waals surface area contributed by atoms with E-state index in [1.807, 2.05) is 6.92 Å². The van der Waals surface area contributed by atoms with Crippen molar-refractivity contribution in [2.45, 2.75) is 26.2 Å². The minimum Gasteiger partial charge on any atom is -0.494 e. The van der Waals surface area contributed by atoms with Gasteiger partial charge in [0.15, 0.2) is 5.96 Å². The largest absolute Gasteiger partial charge is 0.494 e. The molecule has 0 aromatic heterocycles. The topological polar surface area (TPSA) is 63.2 Å². The van der Waals surface area contributed by atoms with E-state index >= 15 is 0 Å². The van der Waals surface area contributed by atoms with Crippen molar-refractivity contribution in [3.05, 3.63) is 30.1 Å². The molecule has 1 saturated heterocycles. The van der Waals surface area contributed by atoms with Crippen LogP contribution in [0, 0.1) is 11.7 Å². The maximum atomic E-state index is 12.8. The Bertz CT molecular complexity index is 590. The molecule has 0 bridgehead atoms. The lowest BCUT2D eigenvalue weighted by atomic mass is 9.97. The zero-order chi connectivity index (χ0) is 18.8. The monoisotopic (exact) mass is 493 g/mol. The lowest BCUT2D eigenvalue weighted by Crippen LogP contribution is -2.46. The van der Waals surface area contributed by atoms with Crippen LogP contribution >= 0.6 is 24.0 Å². The summed E-state index contributed by atoms with van der Waals surface area (Å²) < 4.78 is 23.3. The Kier molecular flexibility index (Phi) is 11.1. The Morgan fingerprint density at radius 3 is 2.56 bits per heavy atom. The van der Waals surface area contributed by atoms with Crippen LogP contribution in [-0.2, 0) is 9.53 Å². The Labute approximate surface area is 177 Å². The second kappa shape index (κ2) is 12.7. The molecule has 1 aliphatic rings. The van der Waals surface area contributed by atoms with E-state index in [0.717, 1.165) is 44.9 Å². The number of aliphatic imine (C=N–C) groups is 1. The van der Waals surface area contributed by atoms with Gasteiger partial charge in [-0.05, 0) is 44.0 Å². The lowest BCUT2D eigenvalue weighted by molar-refractivity contribution is -0.146. The molecule has 0 atom stereocenters. The van der Waals surface area contributed by atoms with Crippen LogP contribution in [0.25, 0.3) is 0 Å². The van der Waals surface area contributed by atoms with Crippen LogP contribution < -0.4 is 10.1 Å². The SMILES string of the molecule is CCNC(=NCCCOc1ccc(F)cc1)N1CCC(C(=O)OC)CC1.I. The summed E-state index contributed by atoms with van der Waals surface area (Å²) in [6, 6.07) is 6.01. The van der Waals surface area contributed by atoms with Crippen LogP contribution in [0.3, 0.4) is 0 Å². The van der Waals surface area contributed by atoms with Gasteiger partial charge in [-0.3, -0.25) is 9.79 Å². The van der Waals surface area contributed by atoms with Gasteiger partial charge >= 0.3 is 5.97 Å². The fourth-order valence-electron chi connectivity index (χ4n) is 2.89. The first-order valence-electron chi connectivity index (χ1n) is 9.13. The number of hydrogen-bond acceptors (Lipinski definition) is 4. The molecule has 0 amide bonds. The summed E-state index contributed by atoms with van der Waals surface area (Å²) in [6.07, 6.45) is 2.33. The average molecular weight is 493 g/mol. The molecule has 1 fully saturated rings. The van der Waals surface area contributed by atoms with E-state index < -0.39 is 0 Å². The third-order valence-corrected chi connectivity index (χ3v) is 4.31. The molecule has 6 nitrogen and oxygen atoms in total. The number of ether oxygens (including phenoxy) is 2. The molecular formula is C19H29FIN3O3. The predicted octanol–water partition coefficient (Wildman–Crippen LogP) is 3.06. The maximum Gasteiger partial charge on any atom is 0.308 e. The number of nitrogens with zero attached hydrogens (tertiary/aromatic N) is 2. The van der Waals surface area contributed by atoms with Crippen LogP contribution in [0.2, 0.25) is 0 Å². The van der Waals surface area contributed by atoms with Crippen LogP contribution in [-0.4, -0.2) is 56.7 Å². The molecular weight excluding hydrogens is 464 g/mol. The number of esters is 1. The van der Waals surface area contributed by atoms with E-state index in [0.29, 0.717) is 18.9 Å². The lowest BCUT2D eigenvalue weighted by Gasteiger charge is -2.33. The highest BCUT2D eigenvalue weighted by atomic mass is 127. The van der Waals surface area contributed by atoms with Gasteiger partial charge in [0.05, 0.1) is 19.6 Å². The van der Waals surface area contributed by atoms with Gasteiger partial charge in [0.2, 0.25) is 0 Å². The van der Waals surface area contributed by atoms with Crippen molar-refractivity contribution in [1.82, 2.24) is 10.2 Å². The summed E-state index contributed by atoms with van der Waals surface area (Å²) in [7, 11) is 1.44. The van der Waals surface area contributed by atoms with Crippen molar-refractivity contribution in [3.8, 4) is 5.75 Å². The molecule has 1 heterocycles. The summed E-state index contributed by atoms with van der Waals surface area (Å²) in [5.74, 6) is 1.13. The van der Waals surface area contributed by atoms with Crippen molar-refractivity contribution in [1.29, 1.82) is 0 Å². The average Bonchev–Trinajstić information content (AvgIpc) is 2.68. The minimum absolute atomic E-state index is 0. The van der Waals surface area contributed by atoms with Crippen LogP contribution in [0.15, 0.2) is 29.3 Å². The molecule has 0 saturated carbocycles. The number of hydrogen-bond donors (Lipinski definition) is 1. The number of halogens is 2. The smallest absolute Gasteiger partial charge is 0.308 e. The number of rotatable bonds is 7. The Hall–Kier alpha value is -1.58. The van der Waals surface area contributed by atoms with E-state index in [9.17, 15) is 9.18 Å². The van der Waals surface area contributed by atoms with E-state index in [-0.39, 0.29) is 41.7 Å². The second-order valence-corrected chi connectivity index (χ2v) is 6.18. The first-order chi connectivity index (χ1) is 12.6. The van der Waals surface area contributed by atoms with Crippen molar-refractivity contribution in [2.24, 2.45) is 10.9 Å². The molecule has 0 unspecified atom stereocenters. The third-order valence-electron chi connectivity index (χ3n) is 4.31. The van der Waals surface area contributed by atoms with E-state index in [2.05, 4.69) is 15.2 Å². The molecule has 27 heavy (non-hydrogen) atoms. The summed E-state index contributed by atoms with van der Waals surface area (Å²) in [5.41, 5.74) is 0. The van der Waals surface area contributed by atoms with Crippen molar-refractivity contribution >= 4 is 35.9 Å². The third kappa shape index (κ3) is 7.90. The summed E-state index contributed by atoms with van der Waals surface area (Å²) >= 11 is 0. The van der Waals surface area contributed by atoms with Crippen LogP contribution in [0.1, 0.15) is 26.2 Å². The highest BCUT2D eigenvalue weighted by Gasteiger charge is 2.26. The van der Waals surface area contributed by atoms with E-state index in [1.54, 1.807) is 12.1 Å². The van der Waals surface area contributed by atoms with Crippen molar-refractivity contribution in [3.63, 3.8) is 0 Å². The molecule has 1 aromatic rings. The number of carbonyl (C=O) groups is 1. The van der Waals surface area contributed by atoms with Crippen molar-refractivity contribution < 1.29 is 18.7 Å². The van der Waals surface area contributed by atoms with E-state index in [1.165, 1.54) is 19.2 Å². The first kappa shape index (κ1) is 23.5. The summed E-state index contributed by atoms with van der Waals surface area (Å²) in [6.45, 7) is 5.57. The molecule has 0 spiro atoms. The minimum atomic E-state index is -0.270. The molecule has 1 N–H and O–H groups in total. The van der Waals surface area contributed by atoms with Gasteiger partial charge < -0.3 is 19.7 Å². The standard InChI is InChI=1S/C19H28FN3O3.HI/c1-3-21-19(23-12-9-15(10-13-23)18(24)25-2)22-11-4-14-26-17-7-5-16(20)6-8-17;/h5-8,15H,3-4,9-14H2,1-2H3,(H,21,22);1H. The number of nitrogens with one attached hydrogen (secondary N) is 1.